The van der Waals surface area contributed by atoms with Crippen LogP contribution < -0.4 is 4.74 Å². The normalized spacial score (nSPS) is 16.0. The summed E-state index contributed by atoms with van der Waals surface area (Å²) >= 11 is 1.27. The second kappa shape index (κ2) is 9.59. The molecule has 0 saturated carbocycles. The number of fused-ring (bicyclic) bond motifs is 1. The van der Waals surface area contributed by atoms with Gasteiger partial charge >= 0.3 is 0 Å². The van der Waals surface area contributed by atoms with Crippen LogP contribution in [0.5, 0.6) is 5.75 Å². The number of rotatable bonds is 6. The second-order valence-corrected chi connectivity index (χ2v) is 8.98. The van der Waals surface area contributed by atoms with E-state index in [1.54, 1.807) is 42.5 Å². The molecule has 0 unspecified atom stereocenters. The first-order valence-electron chi connectivity index (χ1n) is 10.9. The van der Waals surface area contributed by atoms with E-state index in [0.29, 0.717) is 21.5 Å². The van der Waals surface area contributed by atoms with Gasteiger partial charge in [0.15, 0.2) is 5.84 Å². The molecule has 1 amide bonds. The minimum absolute atomic E-state index is 0.0278. The average Bonchev–Trinajstić information content (AvgIpc) is 3.30. The molecule has 1 N–H and O–H groups in total. The van der Waals surface area contributed by atoms with E-state index in [4.69, 9.17) is 10.1 Å². The summed E-state index contributed by atoms with van der Waals surface area (Å²) in [5, 5.41) is 26.3. The van der Waals surface area contributed by atoms with E-state index < -0.39 is 10.8 Å². The standard InChI is InChI=1S/C26H19N5O4S/c1-16-4-2-3-5-21(16)25-29-30-23(27)22(24(32)28-26(30)36-25)14-17-8-12-20(13-9-17)35-15-18-6-10-19(11-7-18)31(33)34/h2-14,27H,15H2,1H3. The highest BCUT2D eigenvalue weighted by Gasteiger charge is 2.36. The fourth-order valence-electron chi connectivity index (χ4n) is 3.62. The van der Waals surface area contributed by atoms with E-state index in [2.05, 4.69) is 10.1 Å². The van der Waals surface area contributed by atoms with E-state index in [1.165, 1.54) is 28.9 Å². The predicted octanol–water partition coefficient (Wildman–Crippen LogP) is 5.15. The molecule has 0 aliphatic carbocycles. The molecule has 3 aromatic rings. The number of nitrogens with zero attached hydrogens (tertiary/aromatic N) is 4. The van der Waals surface area contributed by atoms with Crippen LogP contribution in [0.2, 0.25) is 0 Å². The third-order valence-corrected chi connectivity index (χ3v) is 6.52. The first-order chi connectivity index (χ1) is 17.4. The Balaban J connectivity index is 1.29. The zero-order valence-electron chi connectivity index (χ0n) is 19.0. The molecule has 5 rings (SSSR count). The number of amides is 1. The third-order valence-electron chi connectivity index (χ3n) is 5.57. The van der Waals surface area contributed by atoms with Crippen LogP contribution in [0, 0.1) is 22.4 Å². The number of nitro groups is 1. The van der Waals surface area contributed by atoms with Crippen molar-refractivity contribution in [3.8, 4) is 5.75 Å². The number of aliphatic imine (C=N–C) groups is 1. The van der Waals surface area contributed by atoms with Crippen molar-refractivity contribution < 1.29 is 14.5 Å². The van der Waals surface area contributed by atoms with Crippen molar-refractivity contribution in [2.75, 3.05) is 0 Å². The van der Waals surface area contributed by atoms with Gasteiger partial charge in [0, 0.05) is 17.7 Å². The van der Waals surface area contributed by atoms with E-state index in [-0.39, 0.29) is 23.7 Å². The molecule has 178 valence electrons. The van der Waals surface area contributed by atoms with Gasteiger partial charge in [0.05, 0.1) is 10.5 Å². The summed E-state index contributed by atoms with van der Waals surface area (Å²) in [6, 6.07) is 21.0. The van der Waals surface area contributed by atoms with Gasteiger partial charge in [-0.1, -0.05) is 36.4 Å². The zero-order chi connectivity index (χ0) is 25.2. The summed E-state index contributed by atoms with van der Waals surface area (Å²) in [5.41, 5.74) is 3.67. The summed E-state index contributed by atoms with van der Waals surface area (Å²) in [6.07, 6.45) is 1.61. The quantitative estimate of drug-likeness (QED) is 0.286. The number of carbonyl (C=O) groups is 1. The zero-order valence-corrected chi connectivity index (χ0v) is 19.9. The van der Waals surface area contributed by atoms with Crippen molar-refractivity contribution in [1.29, 1.82) is 5.41 Å². The molecule has 0 bridgehead atoms. The Morgan fingerprint density at radius 1 is 1.08 bits per heavy atom. The topological polar surface area (TPSA) is 121 Å². The molecule has 3 aromatic carbocycles. The smallest absolute Gasteiger partial charge is 0.283 e. The van der Waals surface area contributed by atoms with E-state index in [1.807, 2.05) is 31.2 Å². The second-order valence-electron chi connectivity index (χ2n) is 8.02. The SMILES string of the molecule is Cc1ccccc1C1=NN2C(=N)C(=Cc3ccc(OCc4ccc([N+](=O)[O-])cc4)cc3)C(=O)N=C2S1. The molecule has 10 heteroatoms. The van der Waals surface area contributed by atoms with Crippen LogP contribution in [-0.2, 0) is 11.4 Å². The van der Waals surface area contributed by atoms with Crippen molar-refractivity contribution in [3.63, 3.8) is 0 Å². The highest BCUT2D eigenvalue weighted by Crippen LogP contribution is 2.32. The van der Waals surface area contributed by atoms with Crippen molar-refractivity contribution in [1.82, 2.24) is 5.01 Å². The van der Waals surface area contributed by atoms with Crippen LogP contribution >= 0.6 is 11.8 Å². The number of nitrogens with one attached hydrogen (secondary N) is 1. The third kappa shape index (κ3) is 4.66. The maximum Gasteiger partial charge on any atom is 0.283 e. The number of aryl methyl sites for hydroxylation is 1. The average molecular weight is 498 g/mol. The molecule has 0 saturated heterocycles. The van der Waals surface area contributed by atoms with E-state index in [0.717, 1.165) is 16.7 Å². The lowest BCUT2D eigenvalue weighted by molar-refractivity contribution is -0.384. The van der Waals surface area contributed by atoms with Crippen LogP contribution in [0.3, 0.4) is 0 Å². The van der Waals surface area contributed by atoms with Gasteiger partial charge < -0.3 is 4.74 Å². The van der Waals surface area contributed by atoms with Crippen LogP contribution in [0.4, 0.5) is 5.69 Å². The van der Waals surface area contributed by atoms with Crippen molar-refractivity contribution >= 4 is 45.5 Å². The molecule has 0 aromatic heterocycles. The molecule has 0 radical (unpaired) electrons. The first-order valence-corrected chi connectivity index (χ1v) is 11.7. The number of nitro benzene ring substituents is 1. The van der Waals surface area contributed by atoms with Gasteiger partial charge in [0.1, 0.15) is 17.4 Å². The highest BCUT2D eigenvalue weighted by atomic mass is 32.2. The summed E-state index contributed by atoms with van der Waals surface area (Å²) in [6.45, 7) is 2.24. The maximum absolute atomic E-state index is 12.7. The number of hydrogen-bond acceptors (Lipinski definition) is 7. The van der Waals surface area contributed by atoms with Crippen LogP contribution in [0.25, 0.3) is 6.08 Å². The van der Waals surface area contributed by atoms with Gasteiger partial charge in [-0.3, -0.25) is 20.3 Å². The maximum atomic E-state index is 12.7. The van der Waals surface area contributed by atoms with Crippen LogP contribution in [0.15, 0.2) is 88.5 Å². The number of amidine groups is 2. The number of hydrazone groups is 1. The number of hydrogen-bond donors (Lipinski definition) is 1. The number of thioether (sulfide) groups is 1. The van der Waals surface area contributed by atoms with Gasteiger partial charge in [-0.15, -0.1) is 0 Å². The number of carbonyl (C=O) groups excluding carboxylic acids is 1. The molecule has 0 atom stereocenters. The summed E-state index contributed by atoms with van der Waals surface area (Å²) in [4.78, 5) is 27.2. The molecule has 9 nitrogen and oxygen atoms in total. The molecule has 36 heavy (non-hydrogen) atoms. The number of non-ortho nitro benzene ring substituents is 1. The highest BCUT2D eigenvalue weighted by molar-refractivity contribution is 8.27. The predicted molar refractivity (Wildman–Crippen MR) is 139 cm³/mol. The summed E-state index contributed by atoms with van der Waals surface area (Å²) < 4.78 is 5.75. The Bertz CT molecular complexity index is 1480. The van der Waals surface area contributed by atoms with Gasteiger partial charge in [0.2, 0.25) is 5.17 Å². The largest absolute Gasteiger partial charge is 0.489 e. The monoisotopic (exact) mass is 497 g/mol. The van der Waals surface area contributed by atoms with Gasteiger partial charge in [-0.05, 0) is 65.7 Å². The van der Waals surface area contributed by atoms with Crippen molar-refractivity contribution in [2.24, 2.45) is 10.1 Å². The van der Waals surface area contributed by atoms with Gasteiger partial charge in [-0.25, -0.2) is 0 Å². The molecule has 2 heterocycles. The lowest BCUT2D eigenvalue weighted by Crippen LogP contribution is -2.35. The molecule has 0 fully saturated rings. The van der Waals surface area contributed by atoms with E-state index >= 15 is 0 Å². The molecular weight excluding hydrogens is 478 g/mol. The van der Waals surface area contributed by atoms with Crippen molar-refractivity contribution in [3.05, 3.63) is 111 Å². The Morgan fingerprint density at radius 2 is 1.81 bits per heavy atom. The van der Waals surface area contributed by atoms with E-state index in [9.17, 15) is 14.9 Å². The number of benzene rings is 3. The van der Waals surface area contributed by atoms with Crippen molar-refractivity contribution in [2.45, 2.75) is 13.5 Å². The Labute approximate surface area is 210 Å². The molecule has 2 aliphatic heterocycles. The fraction of sp³-hybridized carbons (Fsp3) is 0.0769. The summed E-state index contributed by atoms with van der Waals surface area (Å²) in [7, 11) is 0. The first kappa shape index (κ1) is 23.2. The number of ether oxygens (including phenoxy) is 1. The molecule has 0 spiro atoms. The minimum atomic E-state index is -0.488. The Kier molecular flexibility index (Phi) is 6.17. The fourth-order valence-corrected chi connectivity index (χ4v) is 4.60. The van der Waals surface area contributed by atoms with Gasteiger partial charge in [0.25, 0.3) is 11.6 Å². The molecular formula is C26H19N5O4S. The minimum Gasteiger partial charge on any atom is -0.489 e. The molecule has 2 aliphatic rings. The van der Waals surface area contributed by atoms with Crippen LogP contribution in [0.1, 0.15) is 22.3 Å². The summed E-state index contributed by atoms with van der Waals surface area (Å²) in [5.74, 6) is 0.0855. The Hall–Kier alpha value is -4.57. The Morgan fingerprint density at radius 3 is 2.50 bits per heavy atom. The van der Waals surface area contributed by atoms with Gasteiger partial charge in [-0.2, -0.15) is 15.1 Å². The lowest BCUT2D eigenvalue weighted by atomic mass is 10.1. The lowest BCUT2D eigenvalue weighted by Gasteiger charge is -2.20. The van der Waals surface area contributed by atoms with Crippen LogP contribution in [-0.4, -0.2) is 31.9 Å².